The number of amidine groups is 1. The Kier molecular flexibility index (Phi) is 5.01. The summed E-state index contributed by atoms with van der Waals surface area (Å²) < 4.78 is 42.9. The van der Waals surface area contributed by atoms with Crippen LogP contribution < -0.4 is 5.32 Å². The second-order valence-corrected chi connectivity index (χ2v) is 7.60. The fraction of sp³-hybridized carbons (Fsp3) is 0.0625. The molecule has 0 aliphatic rings. The molecule has 3 rings (SSSR count). The van der Waals surface area contributed by atoms with Crippen molar-refractivity contribution < 1.29 is 17.4 Å². The van der Waals surface area contributed by atoms with Gasteiger partial charge in [-0.15, -0.1) is 0 Å². The molecule has 134 valence electrons. The SMILES string of the molecule is N=C(Nc1ccc(F)c(Cl)c1)c1nonc1S(=O)(=O)Cc1ccccc1. The molecule has 0 bridgehead atoms. The van der Waals surface area contributed by atoms with Crippen LogP contribution in [-0.2, 0) is 15.6 Å². The molecular formula is C16H12ClFN4O3S. The Morgan fingerprint density at radius 2 is 1.92 bits per heavy atom. The topological polar surface area (TPSA) is 109 Å². The number of nitrogens with one attached hydrogen (secondary N) is 2. The van der Waals surface area contributed by atoms with Crippen LogP contribution in [0.5, 0.6) is 0 Å². The van der Waals surface area contributed by atoms with E-state index in [0.717, 1.165) is 6.07 Å². The maximum Gasteiger partial charge on any atom is 0.230 e. The molecule has 1 aromatic heterocycles. The minimum atomic E-state index is -3.89. The third-order valence-corrected chi connectivity index (χ3v) is 5.24. The minimum Gasteiger partial charge on any atom is -0.339 e. The zero-order valence-corrected chi connectivity index (χ0v) is 14.7. The molecule has 0 spiro atoms. The first kappa shape index (κ1) is 18.0. The van der Waals surface area contributed by atoms with Crippen molar-refractivity contribution in [2.24, 2.45) is 0 Å². The highest BCUT2D eigenvalue weighted by Gasteiger charge is 2.28. The summed E-state index contributed by atoms with van der Waals surface area (Å²) in [7, 11) is -3.89. The van der Waals surface area contributed by atoms with E-state index in [2.05, 4.69) is 20.3 Å². The van der Waals surface area contributed by atoms with Gasteiger partial charge >= 0.3 is 0 Å². The molecule has 0 unspecified atom stereocenters. The highest BCUT2D eigenvalue weighted by Crippen LogP contribution is 2.22. The van der Waals surface area contributed by atoms with Crippen LogP contribution in [-0.4, -0.2) is 24.6 Å². The number of rotatable bonds is 5. The van der Waals surface area contributed by atoms with Crippen LogP contribution in [0.15, 0.2) is 58.2 Å². The number of aromatic nitrogens is 2. The van der Waals surface area contributed by atoms with Gasteiger partial charge in [-0.2, -0.15) is 0 Å². The molecule has 0 fully saturated rings. The van der Waals surface area contributed by atoms with Crippen molar-refractivity contribution in [3.05, 3.63) is 70.6 Å². The lowest BCUT2D eigenvalue weighted by Gasteiger charge is -2.07. The number of hydrogen-bond donors (Lipinski definition) is 2. The van der Waals surface area contributed by atoms with Gasteiger partial charge in [0, 0.05) is 5.69 Å². The lowest BCUT2D eigenvalue weighted by atomic mass is 10.2. The van der Waals surface area contributed by atoms with Crippen LogP contribution in [0.25, 0.3) is 0 Å². The molecule has 2 N–H and O–H groups in total. The van der Waals surface area contributed by atoms with E-state index < -0.39 is 20.7 Å². The van der Waals surface area contributed by atoms with Crippen molar-refractivity contribution >= 4 is 33.0 Å². The van der Waals surface area contributed by atoms with E-state index in [1.807, 2.05) is 0 Å². The van der Waals surface area contributed by atoms with E-state index >= 15 is 0 Å². The summed E-state index contributed by atoms with van der Waals surface area (Å²) in [6.07, 6.45) is 0. The molecule has 7 nitrogen and oxygen atoms in total. The Hall–Kier alpha value is -2.78. The third kappa shape index (κ3) is 3.89. The quantitative estimate of drug-likeness (QED) is 0.507. The number of halogens is 2. The average Bonchev–Trinajstić information content (AvgIpc) is 3.10. The summed E-state index contributed by atoms with van der Waals surface area (Å²) in [5.74, 6) is -1.30. The molecule has 0 atom stereocenters. The summed E-state index contributed by atoms with van der Waals surface area (Å²) in [5.41, 5.74) is 0.573. The molecule has 0 saturated carbocycles. The van der Waals surface area contributed by atoms with Gasteiger partial charge in [0.2, 0.25) is 14.9 Å². The second kappa shape index (κ2) is 7.22. The summed E-state index contributed by atoms with van der Waals surface area (Å²) in [5, 5.41) is 17.0. The lowest BCUT2D eigenvalue weighted by molar-refractivity contribution is 0.297. The van der Waals surface area contributed by atoms with Crippen LogP contribution in [0.3, 0.4) is 0 Å². The number of anilines is 1. The van der Waals surface area contributed by atoms with Crippen molar-refractivity contribution in [2.75, 3.05) is 5.32 Å². The van der Waals surface area contributed by atoms with E-state index in [-0.39, 0.29) is 28.0 Å². The van der Waals surface area contributed by atoms with E-state index in [0.29, 0.717) is 5.56 Å². The Labute approximate surface area is 153 Å². The number of benzene rings is 2. The largest absolute Gasteiger partial charge is 0.339 e. The monoisotopic (exact) mass is 394 g/mol. The third-order valence-electron chi connectivity index (χ3n) is 3.38. The van der Waals surface area contributed by atoms with Crippen LogP contribution in [0, 0.1) is 11.2 Å². The van der Waals surface area contributed by atoms with Gasteiger partial charge in [-0.3, -0.25) is 5.41 Å². The van der Waals surface area contributed by atoms with E-state index in [1.165, 1.54) is 12.1 Å². The summed E-state index contributed by atoms with van der Waals surface area (Å²) in [4.78, 5) is 0. The number of hydrogen-bond acceptors (Lipinski definition) is 6. The Bertz CT molecular complexity index is 1050. The predicted octanol–water partition coefficient (Wildman–Crippen LogP) is 3.27. The van der Waals surface area contributed by atoms with Gasteiger partial charge in [-0.1, -0.05) is 41.9 Å². The van der Waals surface area contributed by atoms with Gasteiger partial charge in [-0.25, -0.2) is 17.4 Å². The molecule has 2 aromatic carbocycles. The molecule has 1 heterocycles. The zero-order chi connectivity index (χ0) is 18.7. The van der Waals surface area contributed by atoms with E-state index in [1.54, 1.807) is 30.3 Å². The van der Waals surface area contributed by atoms with Crippen molar-refractivity contribution in [1.29, 1.82) is 5.41 Å². The van der Waals surface area contributed by atoms with Crippen molar-refractivity contribution in [3.8, 4) is 0 Å². The number of nitrogens with zero attached hydrogens (tertiary/aromatic N) is 2. The molecule has 0 radical (unpaired) electrons. The lowest BCUT2D eigenvalue weighted by Crippen LogP contribution is -2.17. The van der Waals surface area contributed by atoms with Crippen molar-refractivity contribution in [1.82, 2.24) is 10.3 Å². The second-order valence-electron chi connectivity index (χ2n) is 5.29. The van der Waals surface area contributed by atoms with Gasteiger partial charge in [0.05, 0.1) is 10.8 Å². The van der Waals surface area contributed by atoms with Crippen molar-refractivity contribution in [2.45, 2.75) is 10.8 Å². The first-order chi connectivity index (χ1) is 12.4. The van der Waals surface area contributed by atoms with Gasteiger partial charge in [-0.05, 0) is 34.1 Å². The van der Waals surface area contributed by atoms with E-state index in [9.17, 15) is 12.8 Å². The molecular weight excluding hydrogens is 383 g/mol. The average molecular weight is 395 g/mol. The van der Waals surface area contributed by atoms with Gasteiger partial charge in [0.25, 0.3) is 0 Å². The van der Waals surface area contributed by atoms with Crippen LogP contribution in [0.1, 0.15) is 11.3 Å². The molecule has 10 heteroatoms. The van der Waals surface area contributed by atoms with Gasteiger partial charge in [0.15, 0.2) is 11.5 Å². The zero-order valence-electron chi connectivity index (χ0n) is 13.1. The smallest absolute Gasteiger partial charge is 0.230 e. The van der Waals surface area contributed by atoms with Gasteiger partial charge < -0.3 is 5.32 Å². The number of sulfone groups is 1. The summed E-state index contributed by atoms with van der Waals surface area (Å²) in [6, 6.07) is 12.3. The molecule has 0 saturated heterocycles. The maximum atomic E-state index is 13.2. The van der Waals surface area contributed by atoms with Crippen LogP contribution in [0.4, 0.5) is 10.1 Å². The normalized spacial score (nSPS) is 11.3. The Morgan fingerprint density at radius 3 is 2.62 bits per heavy atom. The summed E-state index contributed by atoms with van der Waals surface area (Å²) >= 11 is 5.69. The molecule has 26 heavy (non-hydrogen) atoms. The highest BCUT2D eigenvalue weighted by atomic mass is 35.5. The fourth-order valence-corrected chi connectivity index (χ4v) is 3.71. The van der Waals surface area contributed by atoms with E-state index in [4.69, 9.17) is 17.0 Å². The predicted molar refractivity (Wildman–Crippen MR) is 93.5 cm³/mol. The van der Waals surface area contributed by atoms with Crippen LogP contribution in [0.2, 0.25) is 5.02 Å². The van der Waals surface area contributed by atoms with Gasteiger partial charge in [0.1, 0.15) is 5.82 Å². The Balaban J connectivity index is 1.85. The highest BCUT2D eigenvalue weighted by molar-refractivity contribution is 7.90. The molecule has 0 aliphatic heterocycles. The molecule has 0 amide bonds. The first-order valence-electron chi connectivity index (χ1n) is 7.27. The Morgan fingerprint density at radius 1 is 1.19 bits per heavy atom. The summed E-state index contributed by atoms with van der Waals surface area (Å²) in [6.45, 7) is 0. The van der Waals surface area contributed by atoms with Crippen LogP contribution >= 0.6 is 11.6 Å². The first-order valence-corrected chi connectivity index (χ1v) is 9.30. The minimum absolute atomic E-state index is 0.141. The standard InChI is InChI=1S/C16H12ClFN4O3S/c17-12-8-11(6-7-13(12)18)20-15(19)14-16(22-25-21-14)26(23,24)9-10-4-2-1-3-5-10/h1-8H,9H2,(H2,19,20). The molecule has 3 aromatic rings. The maximum absolute atomic E-state index is 13.2. The van der Waals surface area contributed by atoms with Crippen molar-refractivity contribution in [3.63, 3.8) is 0 Å². The fourth-order valence-electron chi connectivity index (χ4n) is 2.18. The molecule has 0 aliphatic carbocycles.